The summed E-state index contributed by atoms with van der Waals surface area (Å²) in [6, 6.07) is 30.4. The van der Waals surface area contributed by atoms with Gasteiger partial charge in [0, 0.05) is 11.1 Å². The second-order valence-electron chi connectivity index (χ2n) is 6.59. The van der Waals surface area contributed by atoms with E-state index in [0.717, 1.165) is 16.7 Å². The number of hydrogen-bond acceptors (Lipinski definition) is 2. The molecule has 3 aromatic rings. The van der Waals surface area contributed by atoms with Gasteiger partial charge in [-0.1, -0.05) is 91.0 Å². The van der Waals surface area contributed by atoms with Gasteiger partial charge in [-0.2, -0.15) is 0 Å². The lowest BCUT2D eigenvalue weighted by molar-refractivity contribution is 0.0460. The Morgan fingerprint density at radius 1 is 0.680 bits per heavy atom. The maximum absolute atomic E-state index is 12.7. The highest BCUT2D eigenvalue weighted by atomic mass is 16.6. The monoisotopic (exact) mass is 327 g/mol. The molecule has 2 aliphatic rings. The fourth-order valence-corrected chi connectivity index (χ4v) is 4.26. The van der Waals surface area contributed by atoms with E-state index in [0.29, 0.717) is 6.54 Å². The first-order chi connectivity index (χ1) is 12.3. The first kappa shape index (κ1) is 14.3. The molecule has 1 atom stereocenters. The van der Waals surface area contributed by atoms with E-state index in [1.807, 2.05) is 83.8 Å². The highest BCUT2D eigenvalue weighted by molar-refractivity contribution is 5.81. The Morgan fingerprint density at radius 3 is 1.56 bits per heavy atom. The van der Waals surface area contributed by atoms with Crippen molar-refractivity contribution >= 4 is 6.09 Å². The van der Waals surface area contributed by atoms with Crippen molar-refractivity contribution in [2.75, 3.05) is 6.54 Å². The molecule has 0 bridgehead atoms. The number of carbonyl (C=O) groups is 1. The summed E-state index contributed by atoms with van der Waals surface area (Å²) >= 11 is 0. The standard InChI is InChI=1S/C22H17NO2/c24-20-23-16-21(23,17-10-4-1-5-11-17)22(25-20,18-12-6-2-7-13-18)19-14-8-3-9-15-19/h1-15H,16H2. The zero-order chi connectivity index (χ0) is 16.9. The van der Waals surface area contributed by atoms with Crippen LogP contribution in [-0.2, 0) is 15.9 Å². The van der Waals surface area contributed by atoms with E-state index in [9.17, 15) is 4.79 Å². The molecule has 3 heteroatoms. The summed E-state index contributed by atoms with van der Waals surface area (Å²) in [6.45, 7) is 0.666. The Morgan fingerprint density at radius 2 is 1.12 bits per heavy atom. The van der Waals surface area contributed by atoms with Crippen LogP contribution in [0.1, 0.15) is 16.7 Å². The molecule has 0 spiro atoms. The summed E-state index contributed by atoms with van der Waals surface area (Å²) in [5.74, 6) is 0. The zero-order valence-corrected chi connectivity index (χ0v) is 13.6. The van der Waals surface area contributed by atoms with Crippen molar-refractivity contribution in [3.05, 3.63) is 108 Å². The van der Waals surface area contributed by atoms with Crippen molar-refractivity contribution in [2.24, 2.45) is 0 Å². The van der Waals surface area contributed by atoms with Crippen LogP contribution in [0.15, 0.2) is 91.0 Å². The number of amides is 1. The van der Waals surface area contributed by atoms with Gasteiger partial charge in [0.05, 0.1) is 6.54 Å². The minimum atomic E-state index is -0.839. The van der Waals surface area contributed by atoms with Gasteiger partial charge in [-0.25, -0.2) is 4.79 Å². The number of nitrogens with zero attached hydrogens (tertiary/aromatic N) is 1. The average Bonchev–Trinajstić information content (AvgIpc) is 3.40. The van der Waals surface area contributed by atoms with E-state index >= 15 is 0 Å². The molecule has 2 aliphatic heterocycles. The van der Waals surface area contributed by atoms with E-state index in [1.54, 1.807) is 0 Å². The van der Waals surface area contributed by atoms with Gasteiger partial charge >= 0.3 is 6.09 Å². The second kappa shape index (κ2) is 4.96. The first-order valence-electron chi connectivity index (χ1n) is 8.46. The van der Waals surface area contributed by atoms with Gasteiger partial charge in [0.15, 0.2) is 5.60 Å². The van der Waals surface area contributed by atoms with Crippen LogP contribution in [0.5, 0.6) is 0 Å². The van der Waals surface area contributed by atoms with Crippen molar-refractivity contribution in [3.63, 3.8) is 0 Å². The third-order valence-electron chi connectivity index (χ3n) is 5.40. The fraction of sp³-hybridized carbons (Fsp3) is 0.136. The Balaban J connectivity index is 1.83. The summed E-state index contributed by atoms with van der Waals surface area (Å²) in [6.07, 6.45) is -0.253. The minimum Gasteiger partial charge on any atom is -0.430 e. The predicted molar refractivity (Wildman–Crippen MR) is 95.0 cm³/mol. The molecular weight excluding hydrogens is 310 g/mol. The lowest BCUT2D eigenvalue weighted by Crippen LogP contribution is -2.42. The molecular formula is C22H17NO2. The van der Waals surface area contributed by atoms with Crippen LogP contribution in [0.4, 0.5) is 4.79 Å². The van der Waals surface area contributed by atoms with Crippen molar-refractivity contribution < 1.29 is 9.53 Å². The minimum absolute atomic E-state index is 0.253. The molecule has 2 saturated heterocycles. The van der Waals surface area contributed by atoms with Crippen molar-refractivity contribution in [1.29, 1.82) is 0 Å². The predicted octanol–water partition coefficient (Wildman–Crippen LogP) is 4.29. The molecule has 3 aromatic carbocycles. The SMILES string of the molecule is O=C1OC(c2ccccc2)(c2ccccc2)C2(c3ccccc3)CN12. The lowest BCUT2D eigenvalue weighted by atomic mass is 9.72. The summed E-state index contributed by atoms with van der Waals surface area (Å²) in [4.78, 5) is 14.5. The zero-order valence-electron chi connectivity index (χ0n) is 13.6. The average molecular weight is 327 g/mol. The van der Waals surface area contributed by atoms with Crippen molar-refractivity contribution in [3.8, 4) is 0 Å². The number of cyclic esters (lactones) is 1. The maximum atomic E-state index is 12.7. The van der Waals surface area contributed by atoms with Crippen molar-refractivity contribution in [2.45, 2.75) is 11.1 Å². The Hall–Kier alpha value is -3.07. The molecule has 3 nitrogen and oxygen atoms in total. The van der Waals surface area contributed by atoms with E-state index in [2.05, 4.69) is 12.1 Å². The highest BCUT2D eigenvalue weighted by Gasteiger charge is 2.77. The van der Waals surface area contributed by atoms with Crippen LogP contribution in [0.2, 0.25) is 0 Å². The van der Waals surface area contributed by atoms with Gasteiger partial charge < -0.3 is 4.74 Å². The first-order valence-corrected chi connectivity index (χ1v) is 8.46. The Labute approximate surface area is 146 Å². The van der Waals surface area contributed by atoms with E-state index in [-0.39, 0.29) is 6.09 Å². The van der Waals surface area contributed by atoms with Crippen LogP contribution >= 0.6 is 0 Å². The molecule has 0 saturated carbocycles. The van der Waals surface area contributed by atoms with Crippen LogP contribution < -0.4 is 0 Å². The van der Waals surface area contributed by atoms with E-state index in [4.69, 9.17) is 4.74 Å². The number of ether oxygens (including phenoxy) is 1. The molecule has 0 aliphatic carbocycles. The van der Waals surface area contributed by atoms with Gasteiger partial charge in [0.1, 0.15) is 5.54 Å². The van der Waals surface area contributed by atoms with Gasteiger partial charge in [-0.05, 0) is 5.56 Å². The normalized spacial score (nSPS) is 23.0. The Bertz CT molecular complexity index is 885. The van der Waals surface area contributed by atoms with Gasteiger partial charge in [-0.3, -0.25) is 4.90 Å². The molecule has 0 N–H and O–H groups in total. The molecule has 25 heavy (non-hydrogen) atoms. The molecule has 2 fully saturated rings. The lowest BCUT2D eigenvalue weighted by Gasteiger charge is -2.36. The molecule has 1 amide bonds. The third-order valence-corrected chi connectivity index (χ3v) is 5.40. The largest absolute Gasteiger partial charge is 0.430 e. The Kier molecular flexibility index (Phi) is 2.84. The van der Waals surface area contributed by atoms with Gasteiger partial charge in [0.2, 0.25) is 0 Å². The molecule has 5 rings (SSSR count). The van der Waals surface area contributed by atoms with Crippen LogP contribution in [0, 0.1) is 0 Å². The second-order valence-corrected chi connectivity index (χ2v) is 6.59. The van der Waals surface area contributed by atoms with E-state index < -0.39 is 11.1 Å². The number of fused-ring (bicyclic) bond motifs is 1. The molecule has 2 heterocycles. The molecule has 1 unspecified atom stereocenters. The topological polar surface area (TPSA) is 29.3 Å². The van der Waals surface area contributed by atoms with Gasteiger partial charge in [0.25, 0.3) is 0 Å². The third kappa shape index (κ3) is 1.73. The molecule has 0 aromatic heterocycles. The molecule has 0 radical (unpaired) electrons. The molecule has 122 valence electrons. The number of benzene rings is 3. The highest BCUT2D eigenvalue weighted by Crippen LogP contribution is 2.64. The number of rotatable bonds is 3. The maximum Gasteiger partial charge on any atom is 0.412 e. The fourth-order valence-electron chi connectivity index (χ4n) is 4.26. The van der Waals surface area contributed by atoms with E-state index in [1.165, 1.54) is 0 Å². The summed E-state index contributed by atoms with van der Waals surface area (Å²) in [5, 5.41) is 0. The summed E-state index contributed by atoms with van der Waals surface area (Å²) < 4.78 is 6.13. The smallest absolute Gasteiger partial charge is 0.412 e. The summed E-state index contributed by atoms with van der Waals surface area (Å²) in [7, 11) is 0. The van der Waals surface area contributed by atoms with Crippen LogP contribution in [0.25, 0.3) is 0 Å². The van der Waals surface area contributed by atoms with Crippen molar-refractivity contribution in [1.82, 2.24) is 4.90 Å². The number of carbonyl (C=O) groups excluding carboxylic acids is 1. The number of hydrogen-bond donors (Lipinski definition) is 0. The van der Waals surface area contributed by atoms with Crippen LogP contribution in [-0.4, -0.2) is 17.5 Å². The summed E-state index contributed by atoms with van der Waals surface area (Å²) in [5.41, 5.74) is 1.77. The quantitative estimate of drug-likeness (QED) is 0.672. The van der Waals surface area contributed by atoms with Gasteiger partial charge in [-0.15, -0.1) is 0 Å². The van der Waals surface area contributed by atoms with Crippen LogP contribution in [0.3, 0.4) is 0 Å².